The van der Waals surface area contributed by atoms with Crippen LogP contribution in [-0.2, 0) is 4.79 Å². The second-order valence-corrected chi connectivity index (χ2v) is 4.36. The van der Waals surface area contributed by atoms with E-state index in [0.717, 1.165) is 0 Å². The van der Waals surface area contributed by atoms with Crippen molar-refractivity contribution < 1.29 is 22.8 Å². The average molecular weight is 293 g/mol. The van der Waals surface area contributed by atoms with E-state index >= 15 is 0 Å². The van der Waals surface area contributed by atoms with E-state index in [4.69, 9.17) is 0 Å². The second kappa shape index (κ2) is 4.65. The van der Waals surface area contributed by atoms with Crippen molar-refractivity contribution >= 4 is 17.5 Å². The number of halogens is 3. The highest BCUT2D eigenvalue weighted by Crippen LogP contribution is 2.32. The molecule has 5 nitrogen and oxygen atoms in total. The van der Waals surface area contributed by atoms with Crippen LogP contribution < -0.4 is 5.32 Å². The molecule has 2 heterocycles. The van der Waals surface area contributed by atoms with Gasteiger partial charge >= 0.3 is 0 Å². The molecule has 0 radical (unpaired) electrons. The third-order valence-electron chi connectivity index (χ3n) is 3.08. The monoisotopic (exact) mass is 293 g/mol. The lowest BCUT2D eigenvalue weighted by Crippen LogP contribution is -2.35. The van der Waals surface area contributed by atoms with E-state index in [0.29, 0.717) is 12.1 Å². The van der Waals surface area contributed by atoms with Gasteiger partial charge in [-0.1, -0.05) is 0 Å². The van der Waals surface area contributed by atoms with Crippen LogP contribution in [0.2, 0.25) is 0 Å². The Morgan fingerprint density at radius 3 is 2.43 bits per heavy atom. The van der Waals surface area contributed by atoms with E-state index in [1.807, 2.05) is 0 Å². The molecule has 1 aliphatic heterocycles. The van der Waals surface area contributed by atoms with Crippen molar-refractivity contribution in [2.24, 2.45) is 0 Å². The van der Waals surface area contributed by atoms with Crippen molar-refractivity contribution in [1.29, 1.82) is 0 Å². The Kier molecular flexibility index (Phi) is 2.93. The summed E-state index contributed by atoms with van der Waals surface area (Å²) in [4.78, 5) is 24.2. The Bertz CT molecular complexity index is 756. The Hall–Kier alpha value is -2.77. The summed E-state index contributed by atoms with van der Waals surface area (Å²) in [6.07, 6.45) is 1.21. The standard InChI is InChI=1S/C13H6F3N3O2/c14-5-3-7(15)9(8(16)4-5)10-11(20)6-1-2-17-19-12(6)18-13(10)21/h1-4,10H,(H,18,19,21)/t10-/m1/s1. The molecule has 1 aromatic carbocycles. The largest absolute Gasteiger partial charge is 0.308 e. The number of carbonyl (C=O) groups is 2. The number of anilines is 1. The van der Waals surface area contributed by atoms with Crippen molar-refractivity contribution in [2.75, 3.05) is 5.32 Å². The first-order valence-electron chi connectivity index (χ1n) is 5.80. The molecule has 0 bridgehead atoms. The minimum absolute atomic E-state index is 0.0160. The molecule has 21 heavy (non-hydrogen) atoms. The molecule has 106 valence electrons. The van der Waals surface area contributed by atoms with Crippen LogP contribution in [0.15, 0.2) is 24.4 Å². The smallest absolute Gasteiger partial charge is 0.241 e. The lowest BCUT2D eigenvalue weighted by atomic mass is 9.87. The third kappa shape index (κ3) is 2.04. The maximum absolute atomic E-state index is 13.8. The average Bonchev–Trinajstić information content (AvgIpc) is 2.41. The van der Waals surface area contributed by atoms with Crippen LogP contribution in [0.1, 0.15) is 21.8 Å². The molecule has 8 heteroatoms. The van der Waals surface area contributed by atoms with Crippen LogP contribution in [0.5, 0.6) is 0 Å². The minimum Gasteiger partial charge on any atom is -0.308 e. The van der Waals surface area contributed by atoms with E-state index in [1.54, 1.807) is 0 Å². The zero-order chi connectivity index (χ0) is 15.1. The van der Waals surface area contributed by atoms with E-state index in [9.17, 15) is 22.8 Å². The van der Waals surface area contributed by atoms with Crippen LogP contribution in [0.3, 0.4) is 0 Å². The van der Waals surface area contributed by atoms with Gasteiger partial charge in [-0.25, -0.2) is 13.2 Å². The Balaban J connectivity index is 2.17. The normalized spacial score (nSPS) is 17.4. The molecule has 0 fully saturated rings. The van der Waals surface area contributed by atoms with E-state index in [1.165, 1.54) is 12.3 Å². The van der Waals surface area contributed by atoms with Crippen LogP contribution in [0.4, 0.5) is 19.0 Å². The van der Waals surface area contributed by atoms with Gasteiger partial charge < -0.3 is 5.32 Å². The molecular formula is C13H6F3N3O2. The lowest BCUT2D eigenvalue weighted by molar-refractivity contribution is -0.116. The Morgan fingerprint density at radius 1 is 1.10 bits per heavy atom. The number of fused-ring (bicyclic) bond motifs is 1. The number of carbonyl (C=O) groups excluding carboxylic acids is 2. The fraction of sp³-hybridized carbons (Fsp3) is 0.0769. The topological polar surface area (TPSA) is 72.0 Å². The highest BCUT2D eigenvalue weighted by Gasteiger charge is 2.39. The molecular weight excluding hydrogens is 287 g/mol. The van der Waals surface area contributed by atoms with Gasteiger partial charge in [0, 0.05) is 17.7 Å². The number of aromatic nitrogens is 2. The van der Waals surface area contributed by atoms with Crippen LogP contribution in [-0.4, -0.2) is 21.9 Å². The second-order valence-electron chi connectivity index (χ2n) is 4.36. The fourth-order valence-corrected chi connectivity index (χ4v) is 2.18. The van der Waals surface area contributed by atoms with Crippen LogP contribution >= 0.6 is 0 Å². The number of hydrogen-bond donors (Lipinski definition) is 1. The number of benzene rings is 1. The van der Waals surface area contributed by atoms with E-state index < -0.39 is 40.6 Å². The van der Waals surface area contributed by atoms with E-state index in [2.05, 4.69) is 15.5 Å². The van der Waals surface area contributed by atoms with Gasteiger partial charge in [-0.05, 0) is 6.07 Å². The summed E-state index contributed by atoms with van der Waals surface area (Å²) in [7, 11) is 0. The number of nitrogens with one attached hydrogen (secondary N) is 1. The number of hydrogen-bond acceptors (Lipinski definition) is 4. The molecule has 0 saturated heterocycles. The fourth-order valence-electron chi connectivity index (χ4n) is 2.18. The van der Waals surface area contributed by atoms with Gasteiger partial charge in [0.2, 0.25) is 5.91 Å². The zero-order valence-corrected chi connectivity index (χ0v) is 10.2. The summed E-state index contributed by atoms with van der Waals surface area (Å²) >= 11 is 0. The predicted octanol–water partition coefficient (Wildman–Crippen LogP) is 1.81. The summed E-state index contributed by atoms with van der Waals surface area (Å²) < 4.78 is 40.5. The molecule has 0 saturated carbocycles. The molecule has 1 N–H and O–H groups in total. The van der Waals surface area contributed by atoms with Gasteiger partial charge in [0.25, 0.3) is 0 Å². The zero-order valence-electron chi connectivity index (χ0n) is 10.2. The minimum atomic E-state index is -1.73. The Morgan fingerprint density at radius 2 is 1.76 bits per heavy atom. The number of nitrogens with zero attached hydrogens (tertiary/aromatic N) is 2. The summed E-state index contributed by atoms with van der Waals surface area (Å²) in [5.41, 5.74) is -0.806. The third-order valence-corrected chi connectivity index (χ3v) is 3.08. The van der Waals surface area contributed by atoms with Gasteiger partial charge in [0.15, 0.2) is 11.6 Å². The predicted molar refractivity (Wildman–Crippen MR) is 64.0 cm³/mol. The molecule has 0 aliphatic carbocycles. The highest BCUT2D eigenvalue weighted by molar-refractivity contribution is 6.23. The molecule has 2 aromatic rings. The van der Waals surface area contributed by atoms with Crippen LogP contribution in [0, 0.1) is 17.5 Å². The number of Topliss-reactive ketones (excluding diaryl/α,β-unsaturated/α-hetero) is 1. The molecule has 0 unspecified atom stereocenters. The number of ketones is 1. The molecule has 1 amide bonds. The van der Waals surface area contributed by atoms with Crippen molar-refractivity contribution in [3.05, 3.63) is 53.0 Å². The van der Waals surface area contributed by atoms with Gasteiger partial charge in [0.1, 0.15) is 23.4 Å². The summed E-state index contributed by atoms with van der Waals surface area (Å²) in [6.45, 7) is 0. The quantitative estimate of drug-likeness (QED) is 0.814. The SMILES string of the molecule is O=C1Nc2nnccc2C(=O)[C@H]1c1c(F)cc(F)cc1F. The molecule has 0 spiro atoms. The first kappa shape index (κ1) is 13.2. The van der Waals surface area contributed by atoms with E-state index in [-0.39, 0.29) is 11.4 Å². The number of rotatable bonds is 1. The summed E-state index contributed by atoms with van der Waals surface area (Å²) in [5, 5.41) is 9.30. The molecule has 1 aromatic heterocycles. The van der Waals surface area contributed by atoms with Gasteiger partial charge in [-0.3, -0.25) is 9.59 Å². The van der Waals surface area contributed by atoms with Gasteiger partial charge in [-0.15, -0.1) is 5.10 Å². The van der Waals surface area contributed by atoms with Gasteiger partial charge in [0.05, 0.1) is 11.8 Å². The highest BCUT2D eigenvalue weighted by atomic mass is 19.1. The van der Waals surface area contributed by atoms with Crippen LogP contribution in [0.25, 0.3) is 0 Å². The first-order chi connectivity index (χ1) is 9.99. The summed E-state index contributed by atoms with van der Waals surface area (Å²) in [6, 6.07) is 2.11. The lowest BCUT2D eigenvalue weighted by Gasteiger charge is -2.22. The molecule has 3 rings (SSSR count). The molecule has 1 atom stereocenters. The van der Waals surface area contributed by atoms with Gasteiger partial charge in [-0.2, -0.15) is 5.10 Å². The summed E-state index contributed by atoms with van der Waals surface area (Å²) in [5.74, 6) is -7.32. The van der Waals surface area contributed by atoms with Crippen molar-refractivity contribution in [3.63, 3.8) is 0 Å². The maximum Gasteiger partial charge on any atom is 0.241 e. The maximum atomic E-state index is 13.8. The first-order valence-corrected chi connectivity index (χ1v) is 5.80. The van der Waals surface area contributed by atoms with Crippen molar-refractivity contribution in [3.8, 4) is 0 Å². The van der Waals surface area contributed by atoms with Crippen molar-refractivity contribution in [1.82, 2.24) is 10.2 Å². The molecule has 1 aliphatic rings. The van der Waals surface area contributed by atoms with Crippen molar-refractivity contribution in [2.45, 2.75) is 5.92 Å². The number of amides is 1. The Labute approximate surface area is 115 Å².